The van der Waals surface area contributed by atoms with Crippen LogP contribution in [-0.2, 0) is 20.1 Å². The van der Waals surface area contributed by atoms with Crippen LogP contribution in [0.2, 0.25) is 0 Å². The molecule has 0 saturated carbocycles. The van der Waals surface area contributed by atoms with E-state index in [1.165, 1.54) is 15.3 Å². The topological polar surface area (TPSA) is 73.8 Å². The van der Waals surface area contributed by atoms with Gasteiger partial charge in [-0.3, -0.25) is 9.67 Å². The number of aliphatic imine (C=N–C) groups is 1. The minimum absolute atomic E-state index is 0.672. The van der Waals surface area contributed by atoms with Crippen molar-refractivity contribution in [3.8, 4) is 11.3 Å². The van der Waals surface area contributed by atoms with Crippen molar-refractivity contribution in [1.82, 2.24) is 29.8 Å². The van der Waals surface area contributed by atoms with Gasteiger partial charge in [0.25, 0.3) is 0 Å². The Morgan fingerprint density at radius 1 is 1.29 bits per heavy atom. The van der Waals surface area contributed by atoms with E-state index in [-0.39, 0.29) is 0 Å². The Hall–Kier alpha value is -2.87. The summed E-state index contributed by atoms with van der Waals surface area (Å²) in [6, 6.07) is 6.11. The number of rotatable bonds is 3. The monoisotopic (exact) mass is 335 g/mol. The molecule has 0 atom stereocenters. The summed E-state index contributed by atoms with van der Waals surface area (Å²) in [7, 11) is 1.90. The zero-order valence-corrected chi connectivity index (χ0v) is 13.7. The highest BCUT2D eigenvalue weighted by atomic mass is 32.1. The molecule has 24 heavy (non-hydrogen) atoms. The molecule has 1 aliphatic rings. The molecule has 0 saturated heterocycles. The molecule has 8 heteroatoms. The second kappa shape index (κ2) is 5.07. The molecule has 0 fully saturated rings. The first-order chi connectivity index (χ1) is 11.8. The summed E-state index contributed by atoms with van der Waals surface area (Å²) in [5, 5.41) is 12.7. The van der Waals surface area contributed by atoms with Crippen LogP contribution < -0.4 is 0 Å². The molecule has 4 aromatic heterocycles. The molecule has 0 aromatic carbocycles. The van der Waals surface area contributed by atoms with E-state index < -0.39 is 0 Å². The summed E-state index contributed by atoms with van der Waals surface area (Å²) < 4.78 is 3.62. The molecule has 4 aromatic rings. The molecule has 1 aliphatic heterocycles. The van der Waals surface area contributed by atoms with Crippen LogP contribution in [0.4, 0.5) is 0 Å². The van der Waals surface area contributed by atoms with E-state index in [0.717, 1.165) is 29.0 Å². The molecule has 0 unspecified atom stereocenters. The van der Waals surface area contributed by atoms with Gasteiger partial charge >= 0.3 is 0 Å². The normalized spacial score (nSPS) is 13.0. The van der Waals surface area contributed by atoms with Gasteiger partial charge in [-0.05, 0) is 23.8 Å². The van der Waals surface area contributed by atoms with Gasteiger partial charge in [0.05, 0.1) is 29.9 Å². The summed E-state index contributed by atoms with van der Waals surface area (Å²) in [6.45, 7) is 1.46. The van der Waals surface area contributed by atoms with Gasteiger partial charge in [-0.1, -0.05) is 5.21 Å². The third-order valence-electron chi connectivity index (χ3n) is 4.03. The molecular formula is C16H13N7S. The van der Waals surface area contributed by atoms with E-state index >= 15 is 0 Å². The van der Waals surface area contributed by atoms with E-state index in [4.69, 9.17) is 4.98 Å². The molecule has 0 bridgehead atoms. The van der Waals surface area contributed by atoms with Crippen LogP contribution in [0.1, 0.15) is 15.3 Å². The second-order valence-electron chi connectivity index (χ2n) is 5.76. The Kier molecular flexibility index (Phi) is 2.86. The number of pyridine rings is 1. The van der Waals surface area contributed by atoms with E-state index in [2.05, 4.69) is 26.5 Å². The van der Waals surface area contributed by atoms with Crippen molar-refractivity contribution in [3.05, 3.63) is 45.9 Å². The first-order valence-electron chi connectivity index (χ1n) is 7.57. The fourth-order valence-corrected chi connectivity index (χ4v) is 3.91. The Bertz CT molecular complexity index is 1090. The zero-order valence-electron chi connectivity index (χ0n) is 12.9. The number of aromatic nitrogens is 6. The summed E-state index contributed by atoms with van der Waals surface area (Å²) in [4.78, 5) is 11.5. The highest BCUT2D eigenvalue weighted by molar-refractivity contribution is 7.14. The number of hydrogen-bond donors (Lipinski definition) is 0. The van der Waals surface area contributed by atoms with Crippen molar-refractivity contribution in [3.63, 3.8) is 0 Å². The van der Waals surface area contributed by atoms with E-state index in [9.17, 15) is 0 Å². The second-order valence-corrected chi connectivity index (χ2v) is 6.93. The Morgan fingerprint density at radius 2 is 2.25 bits per heavy atom. The van der Waals surface area contributed by atoms with Crippen molar-refractivity contribution in [2.75, 3.05) is 0 Å². The lowest BCUT2D eigenvalue weighted by molar-refractivity contribution is 0.670. The highest BCUT2D eigenvalue weighted by Crippen LogP contribution is 2.27. The van der Waals surface area contributed by atoms with Crippen LogP contribution in [0.3, 0.4) is 0 Å². The van der Waals surface area contributed by atoms with Gasteiger partial charge in [0.1, 0.15) is 5.52 Å². The average molecular weight is 335 g/mol. The predicted molar refractivity (Wildman–Crippen MR) is 92.2 cm³/mol. The van der Waals surface area contributed by atoms with Crippen LogP contribution in [0.5, 0.6) is 0 Å². The lowest BCUT2D eigenvalue weighted by Gasteiger charge is -2.01. The molecule has 5 heterocycles. The van der Waals surface area contributed by atoms with Crippen molar-refractivity contribution in [2.24, 2.45) is 12.0 Å². The average Bonchev–Trinajstić information content (AvgIpc) is 3.31. The predicted octanol–water partition coefficient (Wildman–Crippen LogP) is 2.27. The van der Waals surface area contributed by atoms with Crippen molar-refractivity contribution in [1.29, 1.82) is 0 Å². The van der Waals surface area contributed by atoms with Crippen LogP contribution in [-0.4, -0.2) is 36.0 Å². The molecule has 0 N–H and O–H groups in total. The third-order valence-corrected chi connectivity index (χ3v) is 5.13. The van der Waals surface area contributed by atoms with Crippen molar-refractivity contribution >= 4 is 28.7 Å². The molecule has 0 amide bonds. The van der Waals surface area contributed by atoms with Gasteiger partial charge in [0.15, 0.2) is 5.65 Å². The minimum atomic E-state index is 0.672. The van der Waals surface area contributed by atoms with Crippen molar-refractivity contribution in [2.45, 2.75) is 13.1 Å². The maximum atomic E-state index is 4.74. The van der Waals surface area contributed by atoms with Gasteiger partial charge in [0.2, 0.25) is 0 Å². The van der Waals surface area contributed by atoms with E-state index in [0.29, 0.717) is 6.54 Å². The third kappa shape index (κ3) is 2.15. The smallest absolute Gasteiger partial charge is 0.179 e. The van der Waals surface area contributed by atoms with Gasteiger partial charge < -0.3 is 0 Å². The number of hydrogen-bond acceptors (Lipinski definition) is 6. The first-order valence-corrected chi connectivity index (χ1v) is 8.38. The Morgan fingerprint density at radius 3 is 3.08 bits per heavy atom. The van der Waals surface area contributed by atoms with Gasteiger partial charge in [-0.25, -0.2) is 9.67 Å². The van der Waals surface area contributed by atoms with Gasteiger partial charge in [0, 0.05) is 29.9 Å². The van der Waals surface area contributed by atoms with Gasteiger partial charge in [-0.2, -0.15) is 5.10 Å². The maximum absolute atomic E-state index is 4.74. The molecule has 5 rings (SSSR count). The summed E-state index contributed by atoms with van der Waals surface area (Å²) >= 11 is 1.75. The quantitative estimate of drug-likeness (QED) is 0.576. The van der Waals surface area contributed by atoms with Crippen LogP contribution >= 0.6 is 11.3 Å². The molecule has 0 spiro atoms. The lowest BCUT2D eigenvalue weighted by Crippen LogP contribution is -2.01. The molecule has 118 valence electrons. The van der Waals surface area contributed by atoms with Gasteiger partial charge in [-0.15, -0.1) is 16.4 Å². The Balaban J connectivity index is 1.54. The van der Waals surface area contributed by atoms with Crippen LogP contribution in [0.25, 0.3) is 22.4 Å². The van der Waals surface area contributed by atoms with Crippen LogP contribution in [0.15, 0.2) is 35.6 Å². The first kappa shape index (κ1) is 13.6. The largest absolute Gasteiger partial charge is 0.287 e. The number of fused-ring (bicyclic) bond motifs is 2. The van der Waals surface area contributed by atoms with Crippen LogP contribution in [0, 0.1) is 0 Å². The maximum Gasteiger partial charge on any atom is 0.179 e. The van der Waals surface area contributed by atoms with Crippen molar-refractivity contribution < 1.29 is 0 Å². The number of aryl methyl sites for hydroxylation is 1. The lowest BCUT2D eigenvalue weighted by atomic mass is 10.2. The number of nitrogens with zero attached hydrogens (tertiary/aromatic N) is 7. The number of thiophene rings is 1. The highest BCUT2D eigenvalue weighted by Gasteiger charge is 2.14. The molecule has 7 nitrogen and oxygen atoms in total. The summed E-state index contributed by atoms with van der Waals surface area (Å²) in [5.41, 5.74) is 4.74. The fourth-order valence-electron chi connectivity index (χ4n) is 2.86. The fraction of sp³-hybridized carbons (Fsp3) is 0.188. The molecule has 0 aliphatic carbocycles. The van der Waals surface area contributed by atoms with E-state index in [1.54, 1.807) is 16.0 Å². The Labute approximate surface area is 141 Å². The van der Waals surface area contributed by atoms with E-state index in [1.807, 2.05) is 42.5 Å². The zero-order chi connectivity index (χ0) is 16.1. The summed E-state index contributed by atoms with van der Waals surface area (Å²) in [6.07, 6.45) is 5.71. The standard InChI is InChI=1S/C16H13N7S/c1-22-8-11(6-18-22)13-2-3-14-16(19-13)23(21-20-14)9-12-4-10-5-17-7-15(10)24-12/h2-4,6-8H,5,9H2,1H3. The minimum Gasteiger partial charge on any atom is -0.287 e. The molecule has 0 radical (unpaired) electrons. The summed E-state index contributed by atoms with van der Waals surface area (Å²) in [5.74, 6) is 0. The SMILES string of the molecule is Cn1cc(-c2ccc3nnn(Cc4cc5c(s4)C=NC5)c3n2)cn1. The molecular weight excluding hydrogens is 322 g/mol.